The topological polar surface area (TPSA) is 60.2 Å². The highest BCUT2D eigenvalue weighted by atomic mass is 79.9. The van der Waals surface area contributed by atoms with Gasteiger partial charge in [0, 0.05) is 40.7 Å². The lowest BCUT2D eigenvalue weighted by atomic mass is 10.2. The molecule has 2 aromatic heterocycles. The molecule has 4 rings (SSSR count). The van der Waals surface area contributed by atoms with Crippen molar-refractivity contribution in [2.45, 2.75) is 45.8 Å². The van der Waals surface area contributed by atoms with E-state index in [0.717, 1.165) is 51.7 Å². The number of aromatic nitrogens is 3. The van der Waals surface area contributed by atoms with Crippen LogP contribution in [0.1, 0.15) is 30.7 Å². The van der Waals surface area contributed by atoms with Gasteiger partial charge in [0.2, 0.25) is 5.91 Å². The average Bonchev–Trinajstić information content (AvgIpc) is 3.46. The number of carbonyl (C=O) groups is 1. The van der Waals surface area contributed by atoms with E-state index < -0.39 is 0 Å². The number of ether oxygens (including phenoxy) is 1. The van der Waals surface area contributed by atoms with Crippen molar-refractivity contribution in [2.24, 2.45) is 0 Å². The number of hydrogen-bond donors (Lipinski definition) is 0. The molecule has 1 unspecified atom stereocenters. The molecule has 158 valence electrons. The second-order valence-electron chi connectivity index (χ2n) is 7.56. The predicted octanol–water partition coefficient (Wildman–Crippen LogP) is 4.99. The molecule has 0 N–H and O–H groups in total. The zero-order valence-corrected chi connectivity index (χ0v) is 19.6. The van der Waals surface area contributed by atoms with Crippen LogP contribution in [0.15, 0.2) is 40.2 Å². The number of rotatable bonds is 7. The number of nitrogens with zero attached hydrogens (tertiary/aromatic N) is 4. The van der Waals surface area contributed by atoms with Crippen LogP contribution in [0.3, 0.4) is 0 Å². The van der Waals surface area contributed by atoms with Crippen LogP contribution < -0.4 is 4.90 Å². The zero-order valence-electron chi connectivity index (χ0n) is 17.2. The Balaban J connectivity index is 1.52. The number of aryl methyl sites for hydroxylation is 3. The summed E-state index contributed by atoms with van der Waals surface area (Å²) in [5.74, 6) is 0.0507. The molecule has 0 saturated carbocycles. The van der Waals surface area contributed by atoms with Crippen molar-refractivity contribution in [3.8, 4) is 11.3 Å². The zero-order chi connectivity index (χ0) is 21.1. The molecule has 1 fully saturated rings. The Morgan fingerprint density at radius 2 is 2.13 bits per heavy atom. The summed E-state index contributed by atoms with van der Waals surface area (Å²) in [5, 5.41) is 7.21. The fraction of sp³-hybridized carbons (Fsp3) is 0.409. The minimum Gasteiger partial charge on any atom is -0.376 e. The third-order valence-electron chi connectivity index (χ3n) is 5.22. The van der Waals surface area contributed by atoms with E-state index in [2.05, 4.69) is 21.0 Å². The van der Waals surface area contributed by atoms with Crippen molar-refractivity contribution in [1.29, 1.82) is 0 Å². The molecule has 1 aromatic carbocycles. The molecule has 1 aliphatic heterocycles. The lowest BCUT2D eigenvalue weighted by Gasteiger charge is -2.23. The van der Waals surface area contributed by atoms with Gasteiger partial charge < -0.3 is 4.74 Å². The highest BCUT2D eigenvalue weighted by Crippen LogP contribution is 2.30. The number of halogens is 1. The molecule has 3 heterocycles. The summed E-state index contributed by atoms with van der Waals surface area (Å²) in [7, 11) is 0. The Labute approximate surface area is 189 Å². The van der Waals surface area contributed by atoms with Crippen LogP contribution in [0.4, 0.5) is 5.13 Å². The monoisotopic (exact) mass is 488 g/mol. The first-order valence-corrected chi connectivity index (χ1v) is 11.8. The predicted molar refractivity (Wildman–Crippen MR) is 123 cm³/mol. The van der Waals surface area contributed by atoms with Crippen molar-refractivity contribution >= 4 is 38.3 Å². The Morgan fingerprint density at radius 1 is 1.33 bits per heavy atom. The van der Waals surface area contributed by atoms with Crippen molar-refractivity contribution in [1.82, 2.24) is 14.8 Å². The Morgan fingerprint density at radius 3 is 2.80 bits per heavy atom. The summed E-state index contributed by atoms with van der Waals surface area (Å²) in [5.41, 5.74) is 3.95. The van der Waals surface area contributed by atoms with Gasteiger partial charge in [-0.2, -0.15) is 5.10 Å². The molecule has 1 aliphatic rings. The summed E-state index contributed by atoms with van der Waals surface area (Å²) in [6.07, 6.45) is 2.47. The quantitative estimate of drug-likeness (QED) is 0.469. The second-order valence-corrected chi connectivity index (χ2v) is 9.31. The van der Waals surface area contributed by atoms with Gasteiger partial charge >= 0.3 is 0 Å². The molecule has 3 aromatic rings. The Bertz CT molecular complexity index is 1010. The molecule has 6 nitrogen and oxygen atoms in total. The van der Waals surface area contributed by atoms with Crippen LogP contribution in [-0.4, -0.2) is 39.9 Å². The van der Waals surface area contributed by atoms with Gasteiger partial charge in [-0.25, -0.2) is 4.98 Å². The maximum Gasteiger partial charge on any atom is 0.230 e. The highest BCUT2D eigenvalue weighted by Gasteiger charge is 2.26. The van der Waals surface area contributed by atoms with Crippen molar-refractivity contribution in [3.63, 3.8) is 0 Å². The SMILES string of the molecule is Cc1cc(C)n(CCC(=O)N(CC2CCCO2)c2nc(-c3ccc(Br)cc3)cs2)n1. The van der Waals surface area contributed by atoms with Gasteiger partial charge in [-0.15, -0.1) is 11.3 Å². The second kappa shape index (κ2) is 9.41. The molecule has 1 saturated heterocycles. The van der Waals surface area contributed by atoms with E-state index in [4.69, 9.17) is 9.72 Å². The van der Waals surface area contributed by atoms with Gasteiger partial charge in [-0.3, -0.25) is 14.4 Å². The standard InChI is InChI=1S/C22H25BrN4O2S/c1-15-12-16(2)27(25-15)10-9-21(28)26(13-19-4-3-11-29-19)22-24-20(14-30-22)17-5-7-18(23)8-6-17/h5-8,12,14,19H,3-4,9-11,13H2,1-2H3. The van der Waals surface area contributed by atoms with Crippen LogP contribution in [0.25, 0.3) is 11.3 Å². The van der Waals surface area contributed by atoms with E-state index in [9.17, 15) is 4.79 Å². The van der Waals surface area contributed by atoms with Gasteiger partial charge in [0.05, 0.1) is 24.0 Å². The van der Waals surface area contributed by atoms with E-state index in [1.807, 2.05) is 54.2 Å². The number of carbonyl (C=O) groups excluding carboxylic acids is 1. The van der Waals surface area contributed by atoms with Gasteiger partial charge in [0.1, 0.15) is 0 Å². The van der Waals surface area contributed by atoms with Gasteiger partial charge in [-0.05, 0) is 44.9 Å². The number of hydrogen-bond acceptors (Lipinski definition) is 5. The minimum atomic E-state index is 0.0507. The van der Waals surface area contributed by atoms with E-state index in [1.165, 1.54) is 11.3 Å². The lowest BCUT2D eigenvalue weighted by molar-refractivity contribution is -0.119. The summed E-state index contributed by atoms with van der Waals surface area (Å²) in [6, 6.07) is 10.1. The van der Waals surface area contributed by atoms with Crippen LogP contribution in [0.5, 0.6) is 0 Å². The van der Waals surface area contributed by atoms with E-state index in [-0.39, 0.29) is 12.0 Å². The Kier molecular flexibility index (Phi) is 6.65. The summed E-state index contributed by atoms with van der Waals surface area (Å²) < 4.78 is 8.73. The maximum atomic E-state index is 13.2. The normalized spacial score (nSPS) is 16.2. The molecule has 8 heteroatoms. The first kappa shape index (κ1) is 21.2. The smallest absolute Gasteiger partial charge is 0.230 e. The number of anilines is 1. The van der Waals surface area contributed by atoms with Gasteiger partial charge in [0.25, 0.3) is 0 Å². The molecule has 0 radical (unpaired) electrons. The summed E-state index contributed by atoms with van der Waals surface area (Å²) in [4.78, 5) is 19.8. The number of benzene rings is 1. The minimum absolute atomic E-state index is 0.0507. The molecule has 0 bridgehead atoms. The number of thiazole rings is 1. The van der Waals surface area contributed by atoms with Crippen LogP contribution in [0, 0.1) is 13.8 Å². The first-order valence-electron chi connectivity index (χ1n) is 10.1. The lowest BCUT2D eigenvalue weighted by Crippen LogP contribution is -2.38. The van der Waals surface area contributed by atoms with Gasteiger partial charge in [0.15, 0.2) is 5.13 Å². The molecule has 0 aliphatic carbocycles. The highest BCUT2D eigenvalue weighted by molar-refractivity contribution is 9.10. The maximum absolute atomic E-state index is 13.2. The molecular weight excluding hydrogens is 464 g/mol. The fourth-order valence-electron chi connectivity index (χ4n) is 3.66. The largest absolute Gasteiger partial charge is 0.376 e. The molecular formula is C22H25BrN4O2S. The third-order valence-corrected chi connectivity index (χ3v) is 6.61. The average molecular weight is 489 g/mol. The van der Waals surface area contributed by atoms with E-state index >= 15 is 0 Å². The van der Waals surface area contributed by atoms with Crippen molar-refractivity contribution in [2.75, 3.05) is 18.1 Å². The fourth-order valence-corrected chi connectivity index (χ4v) is 4.78. The van der Waals surface area contributed by atoms with Crippen molar-refractivity contribution < 1.29 is 9.53 Å². The Hall–Kier alpha value is -2.03. The summed E-state index contributed by atoms with van der Waals surface area (Å²) in [6.45, 7) is 5.85. The van der Waals surface area contributed by atoms with Crippen LogP contribution in [0.2, 0.25) is 0 Å². The van der Waals surface area contributed by atoms with Crippen molar-refractivity contribution in [3.05, 3.63) is 51.6 Å². The van der Waals surface area contributed by atoms with Gasteiger partial charge in [-0.1, -0.05) is 28.1 Å². The molecule has 30 heavy (non-hydrogen) atoms. The van der Waals surface area contributed by atoms with Crippen LogP contribution in [-0.2, 0) is 16.1 Å². The number of amides is 1. The first-order chi connectivity index (χ1) is 14.5. The third kappa shape index (κ3) is 4.99. The van der Waals surface area contributed by atoms with E-state index in [0.29, 0.717) is 19.5 Å². The van der Waals surface area contributed by atoms with E-state index in [1.54, 1.807) is 4.90 Å². The molecule has 1 atom stereocenters. The summed E-state index contributed by atoms with van der Waals surface area (Å²) >= 11 is 4.97. The van der Waals surface area contributed by atoms with Crippen LogP contribution >= 0.6 is 27.3 Å². The molecule has 0 spiro atoms. The molecule has 1 amide bonds.